The summed E-state index contributed by atoms with van der Waals surface area (Å²) in [6.45, 7) is 5.05. The third-order valence-electron chi connectivity index (χ3n) is 7.55. The maximum atomic E-state index is 13.1. The molecule has 0 amide bonds. The molecule has 1 aromatic heterocycles. The molecule has 5 rings (SSSR count). The summed E-state index contributed by atoms with van der Waals surface area (Å²) in [5.74, 6) is 0.980. The summed E-state index contributed by atoms with van der Waals surface area (Å²) >= 11 is 0. The van der Waals surface area contributed by atoms with Gasteiger partial charge in [-0.25, -0.2) is 13.1 Å². The largest absolute Gasteiger partial charge is 0.241 e. The van der Waals surface area contributed by atoms with E-state index in [9.17, 15) is 8.42 Å². The number of fused-ring (bicyclic) bond motifs is 1. The average Bonchev–Trinajstić information content (AvgIpc) is 3.30. The standard InChI is InChI=1S/C20H25N3O2S/c1-19(2)16-7-8-20(19)14-26(24,25)23(18(20)12-16)13-15-5-3-6-17(11-15)22-10-4-9-21-22/h3-6,9-11,16,18H,7-8,12-14H2,1-2H3/t16-,18-,20?/m1/s1. The second-order valence-corrected chi connectivity index (χ2v) is 10.7. The number of sulfonamides is 1. The first-order valence-corrected chi connectivity index (χ1v) is 11.0. The van der Waals surface area contributed by atoms with Crippen LogP contribution in [0.3, 0.4) is 0 Å². The molecule has 0 radical (unpaired) electrons. The first-order chi connectivity index (χ1) is 12.3. The molecule has 26 heavy (non-hydrogen) atoms. The van der Waals surface area contributed by atoms with Crippen LogP contribution in [0.4, 0.5) is 0 Å². The molecule has 6 heteroatoms. The van der Waals surface area contributed by atoms with Gasteiger partial charge in [0.05, 0.1) is 11.4 Å². The molecule has 5 nitrogen and oxygen atoms in total. The van der Waals surface area contributed by atoms with Gasteiger partial charge in [0.15, 0.2) is 0 Å². The van der Waals surface area contributed by atoms with Crippen molar-refractivity contribution in [2.45, 2.75) is 45.7 Å². The van der Waals surface area contributed by atoms with Crippen molar-refractivity contribution in [1.82, 2.24) is 14.1 Å². The Bertz CT molecular complexity index is 951. The van der Waals surface area contributed by atoms with Crippen LogP contribution < -0.4 is 0 Å². The van der Waals surface area contributed by atoms with E-state index in [0.29, 0.717) is 18.2 Å². The van der Waals surface area contributed by atoms with Gasteiger partial charge in [0.2, 0.25) is 10.0 Å². The summed E-state index contributed by atoms with van der Waals surface area (Å²) < 4.78 is 29.8. The molecule has 1 aliphatic heterocycles. The predicted molar refractivity (Wildman–Crippen MR) is 100 cm³/mol. The van der Waals surface area contributed by atoms with Crippen LogP contribution in [0.15, 0.2) is 42.7 Å². The van der Waals surface area contributed by atoms with Gasteiger partial charge < -0.3 is 0 Å². The zero-order chi connectivity index (χ0) is 18.2. The molecule has 3 aliphatic rings. The highest BCUT2D eigenvalue weighted by atomic mass is 32.2. The van der Waals surface area contributed by atoms with Gasteiger partial charge in [0.1, 0.15) is 0 Å². The van der Waals surface area contributed by atoms with E-state index in [4.69, 9.17) is 0 Å². The molecule has 0 N–H and O–H groups in total. The number of nitrogens with zero attached hydrogens (tertiary/aromatic N) is 3. The highest BCUT2D eigenvalue weighted by molar-refractivity contribution is 7.89. The van der Waals surface area contributed by atoms with Crippen LogP contribution in [0, 0.1) is 16.7 Å². The molecular formula is C20H25N3O2S. The Morgan fingerprint density at radius 2 is 2.12 bits per heavy atom. The van der Waals surface area contributed by atoms with Crippen LogP contribution in [-0.4, -0.2) is 34.3 Å². The molecule has 2 heterocycles. The van der Waals surface area contributed by atoms with Crippen molar-refractivity contribution in [3.05, 3.63) is 48.3 Å². The van der Waals surface area contributed by atoms with Crippen LogP contribution >= 0.6 is 0 Å². The first-order valence-electron chi connectivity index (χ1n) is 9.42. The van der Waals surface area contributed by atoms with Gasteiger partial charge in [0, 0.05) is 30.4 Å². The molecule has 2 aliphatic carbocycles. The summed E-state index contributed by atoms with van der Waals surface area (Å²) in [7, 11) is -3.22. The van der Waals surface area contributed by atoms with Crippen LogP contribution in [0.25, 0.3) is 5.69 Å². The summed E-state index contributed by atoms with van der Waals surface area (Å²) in [5.41, 5.74) is 2.05. The summed E-state index contributed by atoms with van der Waals surface area (Å²) in [5, 5.41) is 4.28. The Kier molecular flexibility index (Phi) is 3.30. The third kappa shape index (κ3) is 2.06. The minimum Gasteiger partial charge on any atom is -0.241 e. The lowest BCUT2D eigenvalue weighted by Crippen LogP contribution is -2.41. The van der Waals surface area contributed by atoms with Crippen molar-refractivity contribution in [3.8, 4) is 5.69 Å². The summed E-state index contributed by atoms with van der Waals surface area (Å²) in [6, 6.07) is 10.1. The van der Waals surface area contributed by atoms with Gasteiger partial charge >= 0.3 is 0 Å². The lowest BCUT2D eigenvalue weighted by atomic mass is 9.69. The van der Waals surface area contributed by atoms with E-state index >= 15 is 0 Å². The quantitative estimate of drug-likeness (QED) is 0.832. The lowest BCUT2D eigenvalue weighted by molar-refractivity contribution is 0.112. The summed E-state index contributed by atoms with van der Waals surface area (Å²) in [6.07, 6.45) is 6.91. The van der Waals surface area contributed by atoms with E-state index in [0.717, 1.165) is 24.1 Å². The molecule has 1 aromatic carbocycles. The molecule has 1 unspecified atom stereocenters. The Morgan fingerprint density at radius 1 is 1.27 bits per heavy atom. The maximum Gasteiger partial charge on any atom is 0.215 e. The number of rotatable bonds is 3. The molecule has 138 valence electrons. The Morgan fingerprint density at radius 3 is 2.85 bits per heavy atom. The smallest absolute Gasteiger partial charge is 0.215 e. The minimum atomic E-state index is -3.22. The second-order valence-electron chi connectivity index (χ2n) is 8.79. The average molecular weight is 372 g/mol. The molecule has 1 saturated heterocycles. The van der Waals surface area contributed by atoms with Gasteiger partial charge in [-0.15, -0.1) is 0 Å². The van der Waals surface area contributed by atoms with Gasteiger partial charge in [-0.3, -0.25) is 0 Å². The fourth-order valence-electron chi connectivity index (χ4n) is 5.98. The van der Waals surface area contributed by atoms with Gasteiger partial charge in [-0.05, 0) is 54.4 Å². The zero-order valence-corrected chi connectivity index (χ0v) is 16.1. The van der Waals surface area contributed by atoms with Crippen molar-refractivity contribution >= 4 is 10.0 Å². The predicted octanol–water partition coefficient (Wildman–Crippen LogP) is 3.21. The van der Waals surface area contributed by atoms with Crippen molar-refractivity contribution in [2.24, 2.45) is 16.7 Å². The van der Waals surface area contributed by atoms with Crippen molar-refractivity contribution < 1.29 is 8.42 Å². The highest BCUT2D eigenvalue weighted by Gasteiger charge is 2.71. The van der Waals surface area contributed by atoms with E-state index in [1.165, 1.54) is 6.42 Å². The van der Waals surface area contributed by atoms with Gasteiger partial charge in [0.25, 0.3) is 0 Å². The zero-order valence-electron chi connectivity index (χ0n) is 15.3. The second kappa shape index (κ2) is 5.20. The van der Waals surface area contributed by atoms with Crippen molar-refractivity contribution in [3.63, 3.8) is 0 Å². The van der Waals surface area contributed by atoms with Crippen LogP contribution in [0.1, 0.15) is 38.7 Å². The fraction of sp³-hybridized carbons (Fsp3) is 0.550. The first kappa shape index (κ1) is 16.5. The van der Waals surface area contributed by atoms with Gasteiger partial charge in [-0.1, -0.05) is 26.0 Å². The van der Waals surface area contributed by atoms with Crippen molar-refractivity contribution in [1.29, 1.82) is 0 Å². The Hall–Kier alpha value is -1.66. The lowest BCUT2D eigenvalue weighted by Gasteiger charge is -2.37. The molecular weight excluding hydrogens is 346 g/mol. The minimum absolute atomic E-state index is 0.0594. The highest BCUT2D eigenvalue weighted by Crippen LogP contribution is 2.70. The van der Waals surface area contributed by atoms with E-state index < -0.39 is 10.0 Å². The number of benzene rings is 1. The Balaban J connectivity index is 1.49. The molecule has 3 atom stereocenters. The fourth-order valence-corrected chi connectivity index (χ4v) is 8.53. The molecule has 3 fully saturated rings. The molecule has 1 spiro atoms. The normalized spacial score (nSPS) is 34.2. The van der Waals surface area contributed by atoms with E-state index in [1.807, 2.05) is 45.5 Å². The summed E-state index contributed by atoms with van der Waals surface area (Å²) in [4.78, 5) is 0. The number of hydrogen-bond donors (Lipinski definition) is 0. The number of hydrogen-bond acceptors (Lipinski definition) is 3. The van der Waals surface area contributed by atoms with E-state index in [1.54, 1.807) is 6.20 Å². The SMILES string of the molecule is CC1(C)[C@@H]2CCC13CS(=O)(=O)N(Cc1cccc(-n4cccn4)c1)[C@@H]3C2. The maximum absolute atomic E-state index is 13.1. The van der Waals surface area contributed by atoms with Crippen LogP contribution in [0.5, 0.6) is 0 Å². The van der Waals surface area contributed by atoms with Crippen LogP contribution in [0.2, 0.25) is 0 Å². The number of aromatic nitrogens is 2. The molecule has 2 saturated carbocycles. The molecule has 2 aromatic rings. The monoisotopic (exact) mass is 371 g/mol. The third-order valence-corrected chi connectivity index (χ3v) is 9.53. The Labute approximate surface area is 155 Å². The topological polar surface area (TPSA) is 55.2 Å². The molecule has 2 bridgehead atoms. The van der Waals surface area contributed by atoms with Gasteiger partial charge in [-0.2, -0.15) is 9.40 Å². The van der Waals surface area contributed by atoms with Crippen LogP contribution in [-0.2, 0) is 16.6 Å². The van der Waals surface area contributed by atoms with E-state index in [-0.39, 0.29) is 16.9 Å². The van der Waals surface area contributed by atoms with Crippen molar-refractivity contribution in [2.75, 3.05) is 5.75 Å². The van der Waals surface area contributed by atoms with E-state index in [2.05, 4.69) is 18.9 Å².